The number of anilines is 1. The van der Waals surface area contributed by atoms with Crippen LogP contribution in [-0.2, 0) is 4.79 Å². The minimum Gasteiger partial charge on any atom is -0.355 e. The number of hydrogen-bond acceptors (Lipinski definition) is 5. The second-order valence-corrected chi connectivity index (χ2v) is 5.91. The van der Waals surface area contributed by atoms with Gasteiger partial charge in [0.1, 0.15) is 5.82 Å². The van der Waals surface area contributed by atoms with Gasteiger partial charge >= 0.3 is 0 Å². The van der Waals surface area contributed by atoms with Crippen molar-refractivity contribution in [2.24, 2.45) is 0 Å². The number of nitrogens with zero attached hydrogens (tertiary/aromatic N) is 3. The number of hydrogen-bond donors (Lipinski definition) is 2. The molecule has 1 atom stereocenters. The summed E-state index contributed by atoms with van der Waals surface area (Å²) in [6.45, 7) is 4.48. The van der Waals surface area contributed by atoms with Crippen LogP contribution in [0.3, 0.4) is 0 Å². The number of aromatic nitrogens is 2. The normalized spacial score (nSPS) is 23.3. The fraction of sp³-hybridized carbons (Fsp3) is 0.667. The van der Waals surface area contributed by atoms with Crippen LogP contribution in [-0.4, -0.2) is 41.6 Å². The van der Waals surface area contributed by atoms with E-state index in [0.717, 1.165) is 50.4 Å². The van der Waals surface area contributed by atoms with E-state index in [1.54, 1.807) is 6.92 Å². The van der Waals surface area contributed by atoms with Crippen LogP contribution >= 0.6 is 0 Å². The van der Waals surface area contributed by atoms with Crippen LogP contribution in [0.15, 0.2) is 12.4 Å². The van der Waals surface area contributed by atoms with Crippen molar-refractivity contribution < 1.29 is 4.79 Å². The second kappa shape index (κ2) is 6.39. The predicted octanol–water partition coefficient (Wildman–Crippen LogP) is 1.01. The highest BCUT2D eigenvalue weighted by molar-refractivity contribution is 5.73. The fourth-order valence-electron chi connectivity index (χ4n) is 3.17. The van der Waals surface area contributed by atoms with Gasteiger partial charge < -0.3 is 15.5 Å². The molecule has 114 valence electrons. The van der Waals surface area contributed by atoms with Crippen molar-refractivity contribution in [3.05, 3.63) is 18.1 Å². The van der Waals surface area contributed by atoms with Gasteiger partial charge in [0, 0.05) is 26.1 Å². The Morgan fingerprint density at radius 3 is 2.81 bits per heavy atom. The van der Waals surface area contributed by atoms with E-state index in [4.69, 9.17) is 4.98 Å². The number of nitrogens with one attached hydrogen (secondary N) is 2. The van der Waals surface area contributed by atoms with Gasteiger partial charge in [-0.25, -0.2) is 4.98 Å². The van der Waals surface area contributed by atoms with Gasteiger partial charge in [-0.1, -0.05) is 0 Å². The summed E-state index contributed by atoms with van der Waals surface area (Å²) in [5, 5.41) is 6.46. The summed E-state index contributed by atoms with van der Waals surface area (Å²) in [5.41, 5.74) is 1.05. The quantitative estimate of drug-likeness (QED) is 0.869. The molecule has 0 spiro atoms. The zero-order valence-corrected chi connectivity index (χ0v) is 12.5. The first-order valence-electron chi connectivity index (χ1n) is 7.80. The molecule has 1 amide bonds. The molecular formula is C15H23N5O. The first kappa shape index (κ1) is 14.3. The van der Waals surface area contributed by atoms with Gasteiger partial charge in [-0.3, -0.25) is 9.78 Å². The lowest BCUT2D eigenvalue weighted by Crippen LogP contribution is -2.44. The topological polar surface area (TPSA) is 70.2 Å². The number of piperidine rings is 1. The van der Waals surface area contributed by atoms with Crippen molar-refractivity contribution in [3.63, 3.8) is 0 Å². The summed E-state index contributed by atoms with van der Waals surface area (Å²) in [7, 11) is 0. The number of rotatable bonds is 3. The summed E-state index contributed by atoms with van der Waals surface area (Å²) in [6, 6.07) is 0.653. The van der Waals surface area contributed by atoms with Crippen LogP contribution in [0, 0.1) is 0 Å². The SMILES string of the molecule is CC(=O)NC1CCN(c2cncc(C3CCCN3)n2)CC1. The van der Waals surface area contributed by atoms with Gasteiger partial charge in [0.05, 0.1) is 24.1 Å². The molecule has 2 aliphatic heterocycles. The summed E-state index contributed by atoms with van der Waals surface area (Å²) in [6.07, 6.45) is 8.00. The van der Waals surface area contributed by atoms with Crippen molar-refractivity contribution in [1.29, 1.82) is 0 Å². The minimum absolute atomic E-state index is 0.0579. The molecule has 2 fully saturated rings. The van der Waals surface area contributed by atoms with E-state index in [2.05, 4.69) is 20.5 Å². The maximum atomic E-state index is 11.1. The first-order chi connectivity index (χ1) is 10.2. The molecule has 3 rings (SSSR count). The van der Waals surface area contributed by atoms with Crippen LogP contribution < -0.4 is 15.5 Å². The molecule has 0 saturated carbocycles. The molecule has 0 aliphatic carbocycles. The highest BCUT2D eigenvalue weighted by Crippen LogP contribution is 2.23. The molecule has 2 aliphatic rings. The Hall–Kier alpha value is -1.69. The molecular weight excluding hydrogens is 266 g/mol. The maximum absolute atomic E-state index is 11.1. The second-order valence-electron chi connectivity index (χ2n) is 5.91. The largest absolute Gasteiger partial charge is 0.355 e. The first-order valence-corrected chi connectivity index (χ1v) is 7.80. The standard InChI is InChI=1S/C15H23N5O/c1-11(21)18-12-4-7-20(8-5-12)15-10-16-9-14(19-15)13-3-2-6-17-13/h9-10,12-13,17H,2-8H2,1H3,(H,18,21). The van der Waals surface area contributed by atoms with Crippen LogP contribution in [0.5, 0.6) is 0 Å². The summed E-state index contributed by atoms with van der Waals surface area (Å²) >= 11 is 0. The zero-order valence-electron chi connectivity index (χ0n) is 12.5. The number of carbonyl (C=O) groups excluding carboxylic acids is 1. The summed E-state index contributed by atoms with van der Waals surface area (Å²) < 4.78 is 0. The monoisotopic (exact) mass is 289 g/mol. The van der Waals surface area contributed by atoms with E-state index in [1.807, 2.05) is 12.4 Å². The van der Waals surface area contributed by atoms with Crippen molar-refractivity contribution in [1.82, 2.24) is 20.6 Å². The molecule has 0 bridgehead atoms. The molecule has 0 radical (unpaired) electrons. The third-order valence-electron chi connectivity index (χ3n) is 4.28. The van der Waals surface area contributed by atoms with E-state index >= 15 is 0 Å². The minimum atomic E-state index is 0.0579. The molecule has 2 saturated heterocycles. The van der Waals surface area contributed by atoms with Crippen LogP contribution in [0.25, 0.3) is 0 Å². The Bertz CT molecular complexity index is 493. The molecule has 3 heterocycles. The summed E-state index contributed by atoms with van der Waals surface area (Å²) in [5.74, 6) is 1.02. The van der Waals surface area contributed by atoms with Crippen molar-refractivity contribution in [3.8, 4) is 0 Å². The van der Waals surface area contributed by atoms with Gasteiger partial charge in [-0.05, 0) is 32.2 Å². The fourth-order valence-corrected chi connectivity index (χ4v) is 3.17. The number of carbonyl (C=O) groups is 1. The Morgan fingerprint density at radius 1 is 1.33 bits per heavy atom. The molecule has 1 aromatic rings. The van der Waals surface area contributed by atoms with E-state index in [1.165, 1.54) is 6.42 Å². The van der Waals surface area contributed by atoms with Crippen LogP contribution in [0.1, 0.15) is 44.3 Å². The zero-order chi connectivity index (χ0) is 14.7. The van der Waals surface area contributed by atoms with E-state index in [9.17, 15) is 4.79 Å². The van der Waals surface area contributed by atoms with Crippen molar-refractivity contribution in [2.75, 3.05) is 24.5 Å². The predicted molar refractivity (Wildman–Crippen MR) is 81.1 cm³/mol. The maximum Gasteiger partial charge on any atom is 0.217 e. The van der Waals surface area contributed by atoms with E-state index < -0.39 is 0 Å². The number of amides is 1. The third kappa shape index (κ3) is 3.50. The van der Waals surface area contributed by atoms with Crippen LogP contribution in [0.2, 0.25) is 0 Å². The van der Waals surface area contributed by atoms with E-state index in [0.29, 0.717) is 12.1 Å². The average molecular weight is 289 g/mol. The van der Waals surface area contributed by atoms with Gasteiger partial charge in [0.25, 0.3) is 0 Å². The highest BCUT2D eigenvalue weighted by atomic mass is 16.1. The summed E-state index contributed by atoms with van der Waals surface area (Å²) in [4.78, 5) is 22.5. The molecule has 6 heteroatoms. The van der Waals surface area contributed by atoms with Gasteiger partial charge in [-0.2, -0.15) is 0 Å². The Kier molecular flexibility index (Phi) is 4.34. The van der Waals surface area contributed by atoms with Crippen LogP contribution in [0.4, 0.5) is 5.82 Å². The lowest BCUT2D eigenvalue weighted by Gasteiger charge is -2.33. The highest BCUT2D eigenvalue weighted by Gasteiger charge is 2.23. The van der Waals surface area contributed by atoms with Gasteiger partial charge in [-0.15, -0.1) is 0 Å². The van der Waals surface area contributed by atoms with Gasteiger partial charge in [0.2, 0.25) is 5.91 Å². The lowest BCUT2D eigenvalue weighted by atomic mass is 10.1. The molecule has 0 aromatic carbocycles. The molecule has 1 unspecified atom stereocenters. The Labute approximate surface area is 125 Å². The van der Waals surface area contributed by atoms with Crippen molar-refractivity contribution >= 4 is 11.7 Å². The molecule has 2 N–H and O–H groups in total. The average Bonchev–Trinajstić information content (AvgIpc) is 3.02. The lowest BCUT2D eigenvalue weighted by molar-refractivity contribution is -0.119. The van der Waals surface area contributed by atoms with Gasteiger partial charge in [0.15, 0.2) is 0 Å². The molecule has 6 nitrogen and oxygen atoms in total. The smallest absolute Gasteiger partial charge is 0.217 e. The Morgan fingerprint density at radius 2 is 2.14 bits per heavy atom. The van der Waals surface area contributed by atoms with E-state index in [-0.39, 0.29) is 5.91 Å². The van der Waals surface area contributed by atoms with Crippen molar-refractivity contribution in [2.45, 2.75) is 44.7 Å². The molecule has 21 heavy (non-hydrogen) atoms. The third-order valence-corrected chi connectivity index (χ3v) is 4.28. The Balaban J connectivity index is 1.62. The molecule has 1 aromatic heterocycles.